The average molecular weight is 281 g/mol. The summed E-state index contributed by atoms with van der Waals surface area (Å²) in [5.41, 5.74) is 0. The van der Waals surface area contributed by atoms with E-state index in [1.165, 1.54) is 12.1 Å². The fourth-order valence-corrected chi connectivity index (χ4v) is 2.27. The van der Waals surface area contributed by atoms with Crippen LogP contribution in [0.15, 0.2) is 18.3 Å². The second kappa shape index (κ2) is 6.31. The summed E-state index contributed by atoms with van der Waals surface area (Å²) in [6.45, 7) is 0. The molecule has 108 valence electrons. The van der Waals surface area contributed by atoms with E-state index in [4.69, 9.17) is 5.11 Å². The molecule has 0 bridgehead atoms. The normalized spacial score (nSPS) is 22.1. The number of amides is 2. The number of anilines is 1. The molecule has 1 aromatic rings. The van der Waals surface area contributed by atoms with Gasteiger partial charge in [0.2, 0.25) is 0 Å². The number of urea groups is 1. The Morgan fingerprint density at radius 3 is 2.50 bits per heavy atom. The van der Waals surface area contributed by atoms with Crippen molar-refractivity contribution in [2.75, 3.05) is 5.32 Å². The fraction of sp³-hybridized carbons (Fsp3) is 0.462. The molecule has 1 aliphatic carbocycles. The van der Waals surface area contributed by atoms with Crippen molar-refractivity contribution in [2.45, 2.75) is 31.7 Å². The van der Waals surface area contributed by atoms with Crippen LogP contribution in [0.2, 0.25) is 0 Å². The Kier molecular flexibility index (Phi) is 4.49. The second-order valence-electron chi connectivity index (χ2n) is 4.85. The van der Waals surface area contributed by atoms with Crippen LogP contribution in [0, 0.1) is 11.7 Å². The van der Waals surface area contributed by atoms with Crippen molar-refractivity contribution in [1.82, 2.24) is 10.3 Å². The van der Waals surface area contributed by atoms with Crippen LogP contribution in [0.3, 0.4) is 0 Å². The zero-order valence-electron chi connectivity index (χ0n) is 10.8. The molecule has 0 radical (unpaired) electrons. The van der Waals surface area contributed by atoms with E-state index in [-0.39, 0.29) is 17.8 Å². The number of carbonyl (C=O) groups is 2. The highest BCUT2D eigenvalue weighted by Gasteiger charge is 2.26. The number of pyridine rings is 1. The summed E-state index contributed by atoms with van der Waals surface area (Å²) in [4.78, 5) is 26.2. The first-order chi connectivity index (χ1) is 9.54. The number of aliphatic carboxylic acids is 1. The Hall–Kier alpha value is -2.18. The largest absolute Gasteiger partial charge is 0.481 e. The minimum absolute atomic E-state index is 0.0361. The first kappa shape index (κ1) is 14.2. The van der Waals surface area contributed by atoms with Gasteiger partial charge >= 0.3 is 12.0 Å². The summed E-state index contributed by atoms with van der Waals surface area (Å²) in [6, 6.07) is 2.13. The first-order valence-corrected chi connectivity index (χ1v) is 6.46. The van der Waals surface area contributed by atoms with E-state index in [0.717, 1.165) is 6.20 Å². The van der Waals surface area contributed by atoms with E-state index >= 15 is 0 Å². The zero-order valence-corrected chi connectivity index (χ0v) is 10.8. The number of nitrogens with zero attached hydrogens (tertiary/aromatic N) is 1. The minimum Gasteiger partial charge on any atom is -0.481 e. The monoisotopic (exact) mass is 281 g/mol. The average Bonchev–Trinajstić information content (AvgIpc) is 2.42. The van der Waals surface area contributed by atoms with Crippen LogP contribution in [0.1, 0.15) is 25.7 Å². The smallest absolute Gasteiger partial charge is 0.320 e. The number of rotatable bonds is 3. The molecule has 3 N–H and O–H groups in total. The summed E-state index contributed by atoms with van der Waals surface area (Å²) >= 11 is 0. The molecule has 0 spiro atoms. The van der Waals surface area contributed by atoms with E-state index in [9.17, 15) is 14.0 Å². The quantitative estimate of drug-likeness (QED) is 0.790. The lowest BCUT2D eigenvalue weighted by atomic mass is 9.86. The van der Waals surface area contributed by atoms with Gasteiger partial charge in [0, 0.05) is 6.04 Å². The number of hydrogen-bond acceptors (Lipinski definition) is 3. The van der Waals surface area contributed by atoms with Crippen LogP contribution in [0.25, 0.3) is 0 Å². The number of nitrogens with one attached hydrogen (secondary N) is 2. The van der Waals surface area contributed by atoms with Crippen molar-refractivity contribution in [1.29, 1.82) is 0 Å². The van der Waals surface area contributed by atoms with Crippen molar-refractivity contribution in [3.63, 3.8) is 0 Å². The van der Waals surface area contributed by atoms with Crippen molar-refractivity contribution in [3.8, 4) is 0 Å². The molecule has 0 aliphatic heterocycles. The maximum atomic E-state index is 12.7. The Labute approximate surface area is 115 Å². The lowest BCUT2D eigenvalue weighted by Gasteiger charge is -2.26. The van der Waals surface area contributed by atoms with Gasteiger partial charge in [-0.05, 0) is 37.8 Å². The van der Waals surface area contributed by atoms with E-state index in [2.05, 4.69) is 15.6 Å². The highest BCUT2D eigenvalue weighted by atomic mass is 19.1. The van der Waals surface area contributed by atoms with E-state index in [1.54, 1.807) is 0 Å². The number of carboxylic acids is 1. The van der Waals surface area contributed by atoms with E-state index in [0.29, 0.717) is 25.7 Å². The Morgan fingerprint density at radius 1 is 1.25 bits per heavy atom. The standard InChI is InChI=1S/C13H16FN3O3/c14-9-3-6-11(15-7-9)17-13(20)16-10-4-1-8(2-5-10)12(18)19/h3,6-8,10H,1-2,4-5H2,(H,18,19)(H2,15,16,17,20). The predicted octanol–water partition coefficient (Wildman–Crippen LogP) is 1.99. The van der Waals surface area contributed by atoms with E-state index in [1.807, 2.05) is 0 Å². The van der Waals surface area contributed by atoms with Gasteiger partial charge in [-0.3, -0.25) is 10.1 Å². The van der Waals surface area contributed by atoms with Crippen LogP contribution in [-0.4, -0.2) is 28.1 Å². The molecule has 0 unspecified atom stereocenters. The van der Waals surface area contributed by atoms with Gasteiger partial charge in [0.05, 0.1) is 12.1 Å². The fourth-order valence-electron chi connectivity index (χ4n) is 2.27. The highest BCUT2D eigenvalue weighted by Crippen LogP contribution is 2.24. The lowest BCUT2D eigenvalue weighted by molar-refractivity contribution is -0.142. The summed E-state index contributed by atoms with van der Waals surface area (Å²) in [6.07, 6.45) is 3.43. The van der Waals surface area contributed by atoms with Gasteiger partial charge in [-0.1, -0.05) is 0 Å². The summed E-state index contributed by atoms with van der Waals surface area (Å²) in [5.74, 6) is -1.29. The third-order valence-electron chi connectivity index (χ3n) is 3.38. The van der Waals surface area contributed by atoms with Crippen LogP contribution in [0.5, 0.6) is 0 Å². The predicted molar refractivity (Wildman–Crippen MR) is 69.7 cm³/mol. The number of carboxylic acid groups (broad SMARTS) is 1. The molecule has 1 heterocycles. The molecule has 0 saturated heterocycles. The van der Waals surface area contributed by atoms with Crippen LogP contribution in [0.4, 0.5) is 15.0 Å². The van der Waals surface area contributed by atoms with Gasteiger partial charge in [-0.2, -0.15) is 0 Å². The van der Waals surface area contributed by atoms with Gasteiger partial charge in [-0.15, -0.1) is 0 Å². The van der Waals surface area contributed by atoms with Gasteiger partial charge in [0.15, 0.2) is 0 Å². The molecule has 2 amide bonds. The second-order valence-corrected chi connectivity index (χ2v) is 4.85. The van der Waals surface area contributed by atoms with Gasteiger partial charge in [0.1, 0.15) is 11.6 Å². The Morgan fingerprint density at radius 2 is 1.95 bits per heavy atom. The Balaban J connectivity index is 1.78. The molecule has 6 nitrogen and oxygen atoms in total. The van der Waals surface area contributed by atoms with Crippen molar-refractivity contribution in [3.05, 3.63) is 24.1 Å². The van der Waals surface area contributed by atoms with Crippen LogP contribution >= 0.6 is 0 Å². The molecular weight excluding hydrogens is 265 g/mol. The summed E-state index contributed by atoms with van der Waals surface area (Å²) in [5, 5.41) is 14.2. The number of carbonyl (C=O) groups excluding carboxylic acids is 1. The van der Waals surface area contributed by atoms with E-state index < -0.39 is 17.8 Å². The molecule has 1 fully saturated rings. The molecule has 2 rings (SSSR count). The van der Waals surface area contributed by atoms with Crippen molar-refractivity contribution >= 4 is 17.8 Å². The SMILES string of the molecule is O=C(Nc1ccc(F)cn1)NC1CCC(C(=O)O)CC1. The minimum atomic E-state index is -0.775. The molecule has 0 aromatic carbocycles. The third-order valence-corrected chi connectivity index (χ3v) is 3.38. The van der Waals surface area contributed by atoms with Crippen LogP contribution in [-0.2, 0) is 4.79 Å². The third kappa shape index (κ3) is 3.91. The molecule has 1 saturated carbocycles. The first-order valence-electron chi connectivity index (χ1n) is 6.46. The van der Waals surface area contributed by atoms with Crippen molar-refractivity contribution < 1.29 is 19.1 Å². The molecule has 7 heteroatoms. The lowest BCUT2D eigenvalue weighted by Crippen LogP contribution is -2.41. The zero-order chi connectivity index (χ0) is 14.5. The Bertz CT molecular complexity index is 484. The van der Waals surface area contributed by atoms with Gasteiger partial charge in [-0.25, -0.2) is 14.2 Å². The molecule has 1 aromatic heterocycles. The summed E-state index contributed by atoms with van der Waals surface area (Å²) in [7, 11) is 0. The number of halogens is 1. The van der Waals surface area contributed by atoms with Gasteiger partial charge in [0.25, 0.3) is 0 Å². The van der Waals surface area contributed by atoms with Crippen LogP contribution < -0.4 is 10.6 Å². The maximum Gasteiger partial charge on any atom is 0.320 e. The van der Waals surface area contributed by atoms with Gasteiger partial charge < -0.3 is 10.4 Å². The number of aromatic nitrogens is 1. The number of hydrogen-bond donors (Lipinski definition) is 3. The topological polar surface area (TPSA) is 91.3 Å². The molecule has 1 aliphatic rings. The van der Waals surface area contributed by atoms with Crippen molar-refractivity contribution in [2.24, 2.45) is 5.92 Å². The molecule has 0 atom stereocenters. The maximum absolute atomic E-state index is 12.7. The molecular formula is C13H16FN3O3. The highest BCUT2D eigenvalue weighted by molar-refractivity contribution is 5.88. The molecule has 20 heavy (non-hydrogen) atoms. The summed E-state index contributed by atoms with van der Waals surface area (Å²) < 4.78 is 12.7.